The van der Waals surface area contributed by atoms with Gasteiger partial charge in [0.2, 0.25) is 5.91 Å². The minimum Gasteiger partial charge on any atom is -0.351 e. The maximum Gasteiger partial charge on any atom is 0.318 e. The van der Waals surface area contributed by atoms with Crippen LogP contribution in [0.3, 0.4) is 0 Å². The van der Waals surface area contributed by atoms with Crippen LogP contribution in [0.2, 0.25) is 0 Å². The molecule has 0 unspecified atom stereocenters. The van der Waals surface area contributed by atoms with Gasteiger partial charge < -0.3 is 5.73 Å². The molecular weight excluding hydrogens is 168 g/mol. The summed E-state index contributed by atoms with van der Waals surface area (Å²) in [5.41, 5.74) is 4.58. The third-order valence-corrected chi connectivity index (χ3v) is 2.96. The fourth-order valence-electron chi connectivity index (χ4n) is 2.04. The van der Waals surface area contributed by atoms with Crippen LogP contribution in [0.15, 0.2) is 0 Å². The zero-order chi connectivity index (χ0) is 9.90. The van der Waals surface area contributed by atoms with Crippen molar-refractivity contribution in [2.24, 2.45) is 11.1 Å². The molecule has 0 spiro atoms. The summed E-state index contributed by atoms with van der Waals surface area (Å²) in [6.45, 7) is 1.98. The summed E-state index contributed by atoms with van der Waals surface area (Å²) in [6.07, 6.45) is 4.68. The monoisotopic (exact) mass is 184 g/mol. The number of amides is 3. The van der Waals surface area contributed by atoms with Gasteiger partial charge >= 0.3 is 6.03 Å². The lowest BCUT2D eigenvalue weighted by molar-refractivity contribution is -0.129. The number of carbonyl (C=O) groups excluding carboxylic acids is 2. The Morgan fingerprint density at radius 3 is 2.31 bits per heavy atom. The summed E-state index contributed by atoms with van der Waals surface area (Å²) in [4.78, 5) is 22.1. The van der Waals surface area contributed by atoms with Gasteiger partial charge in [-0.2, -0.15) is 0 Å². The molecule has 3 N–H and O–H groups in total. The third-order valence-electron chi connectivity index (χ3n) is 2.96. The molecule has 1 aliphatic rings. The van der Waals surface area contributed by atoms with Gasteiger partial charge in [-0.05, 0) is 19.3 Å². The molecule has 0 aromatic heterocycles. The molecule has 0 aromatic carbocycles. The number of rotatable bonds is 2. The van der Waals surface area contributed by atoms with Gasteiger partial charge in [0.05, 0.1) is 0 Å². The van der Waals surface area contributed by atoms with Crippen LogP contribution >= 0.6 is 0 Å². The first kappa shape index (κ1) is 10.0. The van der Waals surface area contributed by atoms with Crippen molar-refractivity contribution in [3.63, 3.8) is 0 Å². The quantitative estimate of drug-likeness (QED) is 0.675. The Labute approximate surface area is 77.9 Å². The van der Waals surface area contributed by atoms with Crippen LogP contribution in [0.5, 0.6) is 0 Å². The predicted octanol–water partition coefficient (Wildman–Crippen LogP) is 1.15. The standard InChI is InChI=1S/C9H16N2O2/c1-2-9(5-3-4-6-9)7(12)11-8(10)13/h2-6H2,1H3,(H3,10,11,12,13). The Balaban J connectivity index is 2.65. The average molecular weight is 184 g/mol. The molecule has 0 bridgehead atoms. The van der Waals surface area contributed by atoms with Crippen molar-refractivity contribution in [2.45, 2.75) is 39.0 Å². The first-order chi connectivity index (χ1) is 6.10. The molecule has 0 saturated heterocycles. The Morgan fingerprint density at radius 1 is 1.38 bits per heavy atom. The van der Waals surface area contributed by atoms with Gasteiger partial charge in [-0.25, -0.2) is 4.79 Å². The Kier molecular flexibility index (Phi) is 2.90. The van der Waals surface area contributed by atoms with E-state index in [1.165, 1.54) is 0 Å². The highest BCUT2D eigenvalue weighted by molar-refractivity contribution is 5.96. The number of nitrogens with two attached hydrogens (primary N) is 1. The molecule has 0 heterocycles. The molecule has 0 radical (unpaired) electrons. The van der Waals surface area contributed by atoms with Crippen molar-refractivity contribution in [1.29, 1.82) is 0 Å². The van der Waals surface area contributed by atoms with Crippen LogP contribution in [0.4, 0.5) is 4.79 Å². The van der Waals surface area contributed by atoms with Crippen LogP contribution in [-0.2, 0) is 4.79 Å². The van der Waals surface area contributed by atoms with Crippen molar-refractivity contribution in [2.75, 3.05) is 0 Å². The highest BCUT2D eigenvalue weighted by atomic mass is 16.2. The van der Waals surface area contributed by atoms with E-state index in [1.807, 2.05) is 6.92 Å². The predicted molar refractivity (Wildman–Crippen MR) is 48.9 cm³/mol. The summed E-state index contributed by atoms with van der Waals surface area (Å²) >= 11 is 0. The molecule has 0 aromatic rings. The fraction of sp³-hybridized carbons (Fsp3) is 0.778. The second-order valence-corrected chi connectivity index (χ2v) is 3.66. The number of primary amides is 1. The highest BCUT2D eigenvalue weighted by Crippen LogP contribution is 2.40. The maximum absolute atomic E-state index is 11.6. The zero-order valence-corrected chi connectivity index (χ0v) is 7.93. The van der Waals surface area contributed by atoms with E-state index < -0.39 is 6.03 Å². The van der Waals surface area contributed by atoms with E-state index in [2.05, 4.69) is 5.32 Å². The van der Waals surface area contributed by atoms with Crippen LogP contribution in [0.1, 0.15) is 39.0 Å². The molecule has 3 amide bonds. The van der Waals surface area contributed by atoms with Gasteiger partial charge in [-0.1, -0.05) is 19.8 Å². The van der Waals surface area contributed by atoms with Crippen molar-refractivity contribution in [3.05, 3.63) is 0 Å². The van der Waals surface area contributed by atoms with Gasteiger partial charge in [0, 0.05) is 5.41 Å². The number of urea groups is 1. The van der Waals surface area contributed by atoms with Crippen LogP contribution < -0.4 is 11.1 Å². The minimum atomic E-state index is -0.746. The van der Waals surface area contributed by atoms with Gasteiger partial charge in [0.25, 0.3) is 0 Å². The third kappa shape index (κ3) is 1.99. The molecule has 4 heteroatoms. The molecule has 1 aliphatic carbocycles. The first-order valence-corrected chi connectivity index (χ1v) is 4.71. The first-order valence-electron chi connectivity index (χ1n) is 4.71. The second-order valence-electron chi connectivity index (χ2n) is 3.66. The van der Waals surface area contributed by atoms with Gasteiger partial charge in [-0.15, -0.1) is 0 Å². The van der Waals surface area contributed by atoms with Crippen molar-refractivity contribution in [3.8, 4) is 0 Å². The van der Waals surface area contributed by atoms with Crippen LogP contribution in [0, 0.1) is 5.41 Å². The minimum absolute atomic E-state index is 0.194. The van der Waals surface area contributed by atoms with Gasteiger partial charge in [0.1, 0.15) is 0 Å². The van der Waals surface area contributed by atoms with E-state index in [0.29, 0.717) is 0 Å². The SMILES string of the molecule is CCC1(C(=O)NC(N)=O)CCCC1. The maximum atomic E-state index is 11.6. The van der Waals surface area contributed by atoms with E-state index in [-0.39, 0.29) is 11.3 Å². The molecule has 0 aliphatic heterocycles. The highest BCUT2D eigenvalue weighted by Gasteiger charge is 2.39. The summed E-state index contributed by atoms with van der Waals surface area (Å²) in [5, 5.41) is 2.18. The number of hydrogen-bond donors (Lipinski definition) is 2. The van der Waals surface area contributed by atoms with Crippen LogP contribution in [0.25, 0.3) is 0 Å². The van der Waals surface area contributed by atoms with E-state index in [0.717, 1.165) is 32.1 Å². The smallest absolute Gasteiger partial charge is 0.318 e. The lowest BCUT2D eigenvalue weighted by Crippen LogP contribution is -2.44. The Morgan fingerprint density at radius 2 is 1.92 bits per heavy atom. The number of carbonyl (C=O) groups is 2. The number of imide groups is 1. The summed E-state index contributed by atoms with van der Waals surface area (Å²) < 4.78 is 0. The molecule has 13 heavy (non-hydrogen) atoms. The molecule has 1 rings (SSSR count). The topological polar surface area (TPSA) is 72.2 Å². The molecular formula is C9H16N2O2. The van der Waals surface area contributed by atoms with E-state index >= 15 is 0 Å². The fourth-order valence-corrected chi connectivity index (χ4v) is 2.04. The summed E-state index contributed by atoms with van der Waals surface area (Å²) in [7, 11) is 0. The van der Waals surface area contributed by atoms with E-state index in [9.17, 15) is 9.59 Å². The van der Waals surface area contributed by atoms with E-state index in [4.69, 9.17) is 5.73 Å². The summed E-state index contributed by atoms with van der Waals surface area (Å²) in [6, 6.07) is -0.746. The Hall–Kier alpha value is -1.06. The molecule has 4 nitrogen and oxygen atoms in total. The Bertz CT molecular complexity index is 220. The summed E-state index contributed by atoms with van der Waals surface area (Å²) in [5.74, 6) is -0.194. The van der Waals surface area contributed by atoms with Gasteiger partial charge in [0.15, 0.2) is 0 Å². The number of hydrogen-bond acceptors (Lipinski definition) is 2. The van der Waals surface area contributed by atoms with Crippen molar-refractivity contribution < 1.29 is 9.59 Å². The van der Waals surface area contributed by atoms with Crippen molar-refractivity contribution in [1.82, 2.24) is 5.32 Å². The molecule has 0 atom stereocenters. The zero-order valence-electron chi connectivity index (χ0n) is 7.93. The lowest BCUT2D eigenvalue weighted by atomic mass is 9.82. The molecule has 74 valence electrons. The van der Waals surface area contributed by atoms with Gasteiger partial charge in [-0.3, -0.25) is 10.1 Å². The molecule has 1 saturated carbocycles. The van der Waals surface area contributed by atoms with E-state index in [1.54, 1.807) is 0 Å². The number of nitrogens with one attached hydrogen (secondary N) is 1. The normalized spacial score (nSPS) is 19.8. The lowest BCUT2D eigenvalue weighted by Gasteiger charge is -2.24. The van der Waals surface area contributed by atoms with Crippen molar-refractivity contribution >= 4 is 11.9 Å². The average Bonchev–Trinajstić information content (AvgIpc) is 2.51. The largest absolute Gasteiger partial charge is 0.351 e. The molecule has 1 fully saturated rings. The van der Waals surface area contributed by atoms with Crippen LogP contribution in [-0.4, -0.2) is 11.9 Å². The second kappa shape index (κ2) is 3.77.